The fraction of sp³-hybridized carbons (Fsp3) is 0.529. The summed E-state index contributed by atoms with van der Waals surface area (Å²) < 4.78 is 10.8. The van der Waals surface area contributed by atoms with Crippen molar-refractivity contribution in [3.63, 3.8) is 0 Å². The third-order valence-corrected chi connectivity index (χ3v) is 7.37. The molecule has 16 nitrogen and oxygen atoms in total. The number of hydrogen-bond acceptors (Lipinski definition) is 12. The summed E-state index contributed by atoms with van der Waals surface area (Å²) in [5, 5.41) is 18.3. The van der Waals surface area contributed by atoms with E-state index in [4.69, 9.17) is 21.1 Å². The standard InChI is InChI=1S/C34H51N7O9/c1-21(2)30(31(47)37-17-27(44)38-23-10-8-22(9-11-23)19-49-32(48)33(3,4)5)39-26(43)16-25(41-28(45)12-13-29(41)46)24(35)18-40(36)14-15-50-34(6,7)20-42/h8-13,18,21,25,30,42H,14-17,19-20,35-36H2,1-7H3,(H,37,47)(H,38,44)(H,39,43)/b24-18-. The van der Waals surface area contributed by atoms with Crippen LogP contribution >= 0.6 is 0 Å². The van der Waals surface area contributed by atoms with E-state index in [9.17, 15) is 33.9 Å². The molecule has 1 aromatic carbocycles. The van der Waals surface area contributed by atoms with Crippen LogP contribution in [0.5, 0.6) is 0 Å². The van der Waals surface area contributed by atoms with Gasteiger partial charge in [-0.2, -0.15) is 0 Å². The molecular formula is C34H51N7O9. The Morgan fingerprint density at radius 2 is 1.60 bits per heavy atom. The van der Waals surface area contributed by atoms with Crippen LogP contribution in [0.3, 0.4) is 0 Å². The number of aliphatic hydroxyl groups excluding tert-OH is 1. The number of aliphatic hydroxyl groups is 1. The van der Waals surface area contributed by atoms with Crippen molar-refractivity contribution >= 4 is 41.2 Å². The first kappa shape index (κ1) is 41.4. The lowest BCUT2D eigenvalue weighted by Gasteiger charge is -2.29. The van der Waals surface area contributed by atoms with Crippen molar-refractivity contribution in [1.29, 1.82) is 0 Å². The Morgan fingerprint density at radius 3 is 2.14 bits per heavy atom. The van der Waals surface area contributed by atoms with Crippen LogP contribution in [0.4, 0.5) is 5.69 Å². The molecule has 0 saturated heterocycles. The molecular weight excluding hydrogens is 650 g/mol. The molecule has 1 aliphatic rings. The average molecular weight is 702 g/mol. The van der Waals surface area contributed by atoms with Gasteiger partial charge in [-0.3, -0.25) is 33.7 Å². The van der Waals surface area contributed by atoms with Crippen LogP contribution < -0.4 is 27.5 Å². The molecule has 16 heteroatoms. The Kier molecular flexibility index (Phi) is 15.1. The molecule has 2 atom stereocenters. The maximum atomic E-state index is 13.2. The number of ether oxygens (including phenoxy) is 2. The maximum absolute atomic E-state index is 13.2. The predicted octanol–water partition coefficient (Wildman–Crippen LogP) is 0.418. The number of anilines is 1. The van der Waals surface area contributed by atoms with E-state index in [0.29, 0.717) is 5.69 Å². The van der Waals surface area contributed by atoms with Gasteiger partial charge in [-0.1, -0.05) is 26.0 Å². The second kappa shape index (κ2) is 18.3. The molecule has 0 saturated carbocycles. The summed E-state index contributed by atoms with van der Waals surface area (Å²) in [7, 11) is 0. The van der Waals surface area contributed by atoms with E-state index in [1.54, 1.807) is 72.7 Å². The summed E-state index contributed by atoms with van der Waals surface area (Å²) in [5.41, 5.74) is 5.95. The zero-order valence-corrected chi connectivity index (χ0v) is 29.8. The van der Waals surface area contributed by atoms with Crippen molar-refractivity contribution in [1.82, 2.24) is 20.5 Å². The highest BCUT2D eigenvalue weighted by Crippen LogP contribution is 2.19. The summed E-state index contributed by atoms with van der Waals surface area (Å²) in [6.07, 6.45) is 2.90. The first-order valence-corrected chi connectivity index (χ1v) is 16.2. The lowest BCUT2D eigenvalue weighted by atomic mass is 9.97. The van der Waals surface area contributed by atoms with E-state index in [-0.39, 0.29) is 38.0 Å². The summed E-state index contributed by atoms with van der Waals surface area (Å²) in [5.74, 6) is 2.07. The largest absolute Gasteiger partial charge is 0.460 e. The first-order valence-electron chi connectivity index (χ1n) is 16.2. The Bertz CT molecular complexity index is 1430. The van der Waals surface area contributed by atoms with E-state index in [0.717, 1.165) is 22.6 Å². The lowest BCUT2D eigenvalue weighted by molar-refractivity contribution is -0.154. The number of carbonyl (C=O) groups is 6. The number of carbonyl (C=O) groups excluding carboxylic acids is 6. The minimum atomic E-state index is -1.23. The number of rotatable bonds is 18. The average Bonchev–Trinajstić information content (AvgIpc) is 3.36. The van der Waals surface area contributed by atoms with Gasteiger partial charge in [0.25, 0.3) is 11.8 Å². The van der Waals surface area contributed by atoms with Gasteiger partial charge < -0.3 is 41.3 Å². The molecule has 0 fully saturated rings. The van der Waals surface area contributed by atoms with Crippen LogP contribution in [0.2, 0.25) is 0 Å². The number of amides is 5. The van der Waals surface area contributed by atoms with Crippen molar-refractivity contribution in [2.45, 2.75) is 79.2 Å². The highest BCUT2D eigenvalue weighted by atomic mass is 16.5. The highest BCUT2D eigenvalue weighted by Gasteiger charge is 2.35. The van der Waals surface area contributed by atoms with Gasteiger partial charge in [-0.25, -0.2) is 5.84 Å². The normalized spacial score (nSPS) is 14.8. The van der Waals surface area contributed by atoms with Gasteiger partial charge in [0, 0.05) is 29.7 Å². The van der Waals surface area contributed by atoms with Crippen molar-refractivity contribution in [2.24, 2.45) is 22.9 Å². The fourth-order valence-electron chi connectivity index (χ4n) is 4.37. The molecule has 1 heterocycles. The van der Waals surface area contributed by atoms with Gasteiger partial charge in [0.05, 0.1) is 49.8 Å². The number of hydrogen-bond donors (Lipinski definition) is 6. The zero-order chi connectivity index (χ0) is 37.8. The SMILES string of the molecule is CC(C)C(NC(=O)CC(/C(N)=C/N(N)CCOC(C)(C)CO)N1C(=O)C=CC1=O)C(=O)NCC(=O)Nc1ccc(COC(=O)C(C)(C)C)cc1. The van der Waals surface area contributed by atoms with Gasteiger partial charge in [-0.05, 0) is 58.2 Å². The molecule has 50 heavy (non-hydrogen) atoms. The van der Waals surface area contributed by atoms with Gasteiger partial charge in [0.1, 0.15) is 12.6 Å². The molecule has 2 unspecified atom stereocenters. The number of nitrogens with one attached hydrogen (secondary N) is 3. The molecule has 0 aromatic heterocycles. The third kappa shape index (κ3) is 13.2. The maximum Gasteiger partial charge on any atom is 0.311 e. The highest BCUT2D eigenvalue weighted by molar-refractivity contribution is 6.13. The van der Waals surface area contributed by atoms with E-state index in [1.807, 2.05) is 0 Å². The van der Waals surface area contributed by atoms with Gasteiger partial charge in [0.15, 0.2) is 0 Å². The molecule has 1 aliphatic heterocycles. The number of imide groups is 1. The topological polar surface area (TPSA) is 236 Å². The molecule has 8 N–H and O–H groups in total. The van der Waals surface area contributed by atoms with Crippen molar-refractivity contribution in [2.75, 3.05) is 31.6 Å². The molecule has 0 aliphatic carbocycles. The summed E-state index contributed by atoms with van der Waals surface area (Å²) in [6.45, 7) is 11.8. The Labute approximate surface area is 292 Å². The zero-order valence-electron chi connectivity index (χ0n) is 29.8. The quantitative estimate of drug-likeness (QED) is 0.0529. The summed E-state index contributed by atoms with van der Waals surface area (Å²) in [4.78, 5) is 76.8. The first-order chi connectivity index (χ1) is 23.2. The second-order valence-electron chi connectivity index (χ2n) is 13.8. The van der Waals surface area contributed by atoms with Crippen LogP contribution in [0.25, 0.3) is 0 Å². The predicted molar refractivity (Wildman–Crippen MR) is 184 cm³/mol. The summed E-state index contributed by atoms with van der Waals surface area (Å²) >= 11 is 0. The molecule has 0 radical (unpaired) electrons. The fourth-order valence-corrected chi connectivity index (χ4v) is 4.37. The lowest BCUT2D eigenvalue weighted by Crippen LogP contribution is -2.53. The monoisotopic (exact) mass is 701 g/mol. The molecule has 0 spiro atoms. The molecule has 1 aromatic rings. The van der Waals surface area contributed by atoms with Crippen LogP contribution in [-0.4, -0.2) is 94.5 Å². The van der Waals surface area contributed by atoms with Crippen LogP contribution in [0.15, 0.2) is 48.3 Å². The number of nitrogens with zero attached hydrogens (tertiary/aromatic N) is 2. The number of esters is 1. The summed E-state index contributed by atoms with van der Waals surface area (Å²) in [6, 6.07) is 4.36. The molecule has 0 bridgehead atoms. The van der Waals surface area contributed by atoms with E-state index < -0.39 is 71.5 Å². The van der Waals surface area contributed by atoms with E-state index in [1.165, 1.54) is 11.2 Å². The third-order valence-electron chi connectivity index (χ3n) is 7.37. The number of hydrazine groups is 1. The van der Waals surface area contributed by atoms with Gasteiger partial charge in [0.2, 0.25) is 17.7 Å². The van der Waals surface area contributed by atoms with Crippen LogP contribution in [0.1, 0.15) is 60.5 Å². The van der Waals surface area contributed by atoms with Crippen molar-refractivity contribution in [3.05, 3.63) is 53.9 Å². The Hall–Kier alpha value is -4.80. The van der Waals surface area contributed by atoms with Crippen LogP contribution in [0, 0.1) is 11.3 Å². The van der Waals surface area contributed by atoms with E-state index in [2.05, 4.69) is 16.0 Å². The van der Waals surface area contributed by atoms with E-state index >= 15 is 0 Å². The van der Waals surface area contributed by atoms with Crippen molar-refractivity contribution < 1.29 is 43.3 Å². The minimum absolute atomic E-state index is 0.0735. The molecule has 2 rings (SSSR count). The molecule has 5 amide bonds. The minimum Gasteiger partial charge on any atom is -0.460 e. The number of nitrogens with two attached hydrogens (primary N) is 2. The Balaban J connectivity index is 2.01. The second-order valence-corrected chi connectivity index (χ2v) is 13.8. The Morgan fingerprint density at radius 1 is 1.00 bits per heavy atom. The smallest absolute Gasteiger partial charge is 0.311 e. The molecule has 276 valence electrons. The van der Waals surface area contributed by atoms with Gasteiger partial charge in [-0.15, -0.1) is 0 Å². The number of benzene rings is 1. The van der Waals surface area contributed by atoms with Crippen LogP contribution in [-0.2, 0) is 44.8 Å². The van der Waals surface area contributed by atoms with Gasteiger partial charge >= 0.3 is 5.97 Å². The van der Waals surface area contributed by atoms with Crippen molar-refractivity contribution in [3.8, 4) is 0 Å².